The minimum atomic E-state index is 0.108. The highest BCUT2D eigenvalue weighted by molar-refractivity contribution is 5.93. The van der Waals surface area contributed by atoms with E-state index in [1.54, 1.807) is 7.11 Å². The Labute approximate surface area is 78.7 Å². The monoisotopic (exact) mass is 184 g/mol. The summed E-state index contributed by atoms with van der Waals surface area (Å²) in [5.74, 6) is 0.666. The molecular weight excluding hydrogens is 168 g/mol. The first-order valence-corrected chi connectivity index (χ1v) is 4.69. The summed E-state index contributed by atoms with van der Waals surface area (Å²) in [6.45, 7) is 1.32. The molecule has 1 rings (SSSR count). The fraction of sp³-hybridized carbons (Fsp3) is 0.700. The molecule has 74 valence electrons. The zero-order valence-corrected chi connectivity index (χ0v) is 8.04. The van der Waals surface area contributed by atoms with Crippen molar-refractivity contribution in [2.45, 2.75) is 25.7 Å². The zero-order chi connectivity index (χ0) is 9.52. The molecule has 0 aromatic rings. The molecule has 0 bridgehead atoms. The minimum absolute atomic E-state index is 0.108. The van der Waals surface area contributed by atoms with Crippen molar-refractivity contribution >= 4 is 5.78 Å². The Morgan fingerprint density at radius 1 is 1.69 bits per heavy atom. The number of Topliss-reactive ketones (excluding diaryl/α,β-unsaturated/α-hetero) is 1. The predicted octanol–water partition coefficient (Wildman–Crippen LogP) is 1.68. The van der Waals surface area contributed by atoms with Crippen LogP contribution in [0.3, 0.4) is 0 Å². The molecule has 13 heavy (non-hydrogen) atoms. The van der Waals surface area contributed by atoms with Gasteiger partial charge >= 0.3 is 0 Å². The number of carbonyl (C=O) groups excluding carboxylic acids is 1. The largest absolute Gasteiger partial charge is 0.490 e. The lowest BCUT2D eigenvalue weighted by molar-refractivity contribution is -0.119. The molecule has 1 aliphatic heterocycles. The number of ether oxygens (including phenoxy) is 2. The van der Waals surface area contributed by atoms with E-state index in [0.29, 0.717) is 25.4 Å². The quantitative estimate of drug-likeness (QED) is 0.610. The van der Waals surface area contributed by atoms with Crippen molar-refractivity contribution in [3.05, 3.63) is 11.8 Å². The van der Waals surface area contributed by atoms with Gasteiger partial charge in [0.25, 0.3) is 0 Å². The van der Waals surface area contributed by atoms with E-state index in [1.807, 2.05) is 6.08 Å². The van der Waals surface area contributed by atoms with Crippen molar-refractivity contribution in [3.8, 4) is 0 Å². The lowest BCUT2D eigenvalue weighted by Gasteiger charge is -2.13. The Kier molecular flexibility index (Phi) is 4.54. The van der Waals surface area contributed by atoms with E-state index >= 15 is 0 Å². The van der Waals surface area contributed by atoms with Gasteiger partial charge in [0.15, 0.2) is 11.5 Å². The minimum Gasteiger partial charge on any atom is -0.490 e. The van der Waals surface area contributed by atoms with Gasteiger partial charge in [0.2, 0.25) is 0 Å². The lowest BCUT2D eigenvalue weighted by Crippen LogP contribution is -2.11. The Hall–Kier alpha value is -0.830. The normalized spacial score (nSPS) is 16.2. The van der Waals surface area contributed by atoms with Crippen LogP contribution in [0.15, 0.2) is 11.8 Å². The predicted molar refractivity (Wildman–Crippen MR) is 49.4 cm³/mol. The van der Waals surface area contributed by atoms with Crippen LogP contribution in [0.25, 0.3) is 0 Å². The summed E-state index contributed by atoms with van der Waals surface area (Å²) in [6.07, 6.45) is 5.18. The van der Waals surface area contributed by atoms with Gasteiger partial charge in [-0.05, 0) is 25.3 Å². The smallest absolute Gasteiger partial charge is 0.197 e. The van der Waals surface area contributed by atoms with E-state index in [0.717, 1.165) is 19.3 Å². The summed E-state index contributed by atoms with van der Waals surface area (Å²) < 4.78 is 10.1. The average molecular weight is 184 g/mol. The van der Waals surface area contributed by atoms with Gasteiger partial charge in [-0.2, -0.15) is 0 Å². The molecular formula is C10H16O3. The maximum Gasteiger partial charge on any atom is 0.197 e. The highest BCUT2D eigenvalue weighted by Gasteiger charge is 2.12. The van der Waals surface area contributed by atoms with Crippen LogP contribution in [0.2, 0.25) is 0 Å². The summed E-state index contributed by atoms with van der Waals surface area (Å²) in [4.78, 5) is 11.4. The van der Waals surface area contributed by atoms with Crippen LogP contribution < -0.4 is 0 Å². The van der Waals surface area contributed by atoms with Gasteiger partial charge in [-0.1, -0.05) is 0 Å². The molecule has 0 saturated heterocycles. The van der Waals surface area contributed by atoms with E-state index in [2.05, 4.69) is 0 Å². The van der Waals surface area contributed by atoms with Gasteiger partial charge in [-0.25, -0.2) is 0 Å². The Morgan fingerprint density at radius 3 is 3.15 bits per heavy atom. The molecule has 1 heterocycles. The first-order chi connectivity index (χ1) is 6.34. The van der Waals surface area contributed by atoms with Gasteiger partial charge < -0.3 is 9.47 Å². The van der Waals surface area contributed by atoms with Crippen LogP contribution in [-0.4, -0.2) is 26.1 Å². The fourth-order valence-corrected chi connectivity index (χ4v) is 1.25. The first kappa shape index (κ1) is 10.3. The highest BCUT2D eigenvalue weighted by Crippen LogP contribution is 2.12. The van der Waals surface area contributed by atoms with Crippen molar-refractivity contribution in [2.75, 3.05) is 20.3 Å². The standard InChI is InChI=1S/C10H16O3/c1-12-7-4-5-9(11)10-6-2-3-8-13-10/h6H,2-5,7-8H2,1H3. The van der Waals surface area contributed by atoms with E-state index in [1.165, 1.54) is 0 Å². The molecule has 1 aliphatic rings. The molecule has 0 radical (unpaired) electrons. The van der Waals surface area contributed by atoms with Crippen LogP contribution >= 0.6 is 0 Å². The molecule has 0 spiro atoms. The molecule has 0 fully saturated rings. The molecule has 0 N–H and O–H groups in total. The van der Waals surface area contributed by atoms with E-state index < -0.39 is 0 Å². The van der Waals surface area contributed by atoms with Gasteiger partial charge in [-0.3, -0.25) is 4.79 Å². The second-order valence-electron chi connectivity index (χ2n) is 3.08. The van der Waals surface area contributed by atoms with Gasteiger partial charge in [0, 0.05) is 20.1 Å². The van der Waals surface area contributed by atoms with Crippen LogP contribution in [0.1, 0.15) is 25.7 Å². The highest BCUT2D eigenvalue weighted by atomic mass is 16.5. The number of carbonyl (C=O) groups is 1. The summed E-state index contributed by atoms with van der Waals surface area (Å²) >= 11 is 0. The molecule has 0 unspecified atom stereocenters. The van der Waals surface area contributed by atoms with E-state index in [-0.39, 0.29) is 5.78 Å². The fourth-order valence-electron chi connectivity index (χ4n) is 1.25. The number of allylic oxidation sites excluding steroid dienone is 2. The summed E-state index contributed by atoms with van der Waals surface area (Å²) in [5, 5.41) is 0. The second-order valence-corrected chi connectivity index (χ2v) is 3.08. The number of rotatable bonds is 5. The van der Waals surface area contributed by atoms with Crippen molar-refractivity contribution in [3.63, 3.8) is 0 Å². The summed E-state index contributed by atoms with van der Waals surface area (Å²) in [6, 6.07) is 0. The molecule has 0 aromatic heterocycles. The van der Waals surface area contributed by atoms with Crippen molar-refractivity contribution in [1.29, 1.82) is 0 Å². The van der Waals surface area contributed by atoms with Gasteiger partial charge in [0.1, 0.15) is 0 Å². The number of hydrogen-bond donors (Lipinski definition) is 0. The van der Waals surface area contributed by atoms with Crippen molar-refractivity contribution < 1.29 is 14.3 Å². The van der Waals surface area contributed by atoms with Crippen molar-refractivity contribution in [1.82, 2.24) is 0 Å². The van der Waals surface area contributed by atoms with Crippen LogP contribution in [-0.2, 0) is 14.3 Å². The topological polar surface area (TPSA) is 35.5 Å². The summed E-state index contributed by atoms with van der Waals surface area (Å²) in [7, 11) is 1.64. The van der Waals surface area contributed by atoms with Crippen LogP contribution in [0, 0.1) is 0 Å². The Balaban J connectivity index is 2.25. The number of hydrogen-bond acceptors (Lipinski definition) is 3. The van der Waals surface area contributed by atoms with Gasteiger partial charge in [0.05, 0.1) is 6.61 Å². The second kappa shape index (κ2) is 5.75. The number of methoxy groups -OCH3 is 1. The Morgan fingerprint density at radius 2 is 2.54 bits per heavy atom. The third kappa shape index (κ3) is 3.59. The third-order valence-electron chi connectivity index (χ3n) is 1.96. The van der Waals surface area contributed by atoms with Crippen LogP contribution in [0.5, 0.6) is 0 Å². The average Bonchev–Trinajstić information content (AvgIpc) is 2.19. The maximum atomic E-state index is 11.4. The maximum absolute atomic E-state index is 11.4. The van der Waals surface area contributed by atoms with E-state index in [4.69, 9.17) is 9.47 Å². The SMILES string of the molecule is COCCCC(=O)C1=CCCCO1. The summed E-state index contributed by atoms with van der Waals surface area (Å²) in [5.41, 5.74) is 0. The zero-order valence-electron chi connectivity index (χ0n) is 8.04. The molecule has 3 heteroatoms. The molecule has 3 nitrogen and oxygen atoms in total. The third-order valence-corrected chi connectivity index (χ3v) is 1.96. The van der Waals surface area contributed by atoms with E-state index in [9.17, 15) is 4.79 Å². The molecule has 0 aliphatic carbocycles. The number of ketones is 1. The van der Waals surface area contributed by atoms with Crippen molar-refractivity contribution in [2.24, 2.45) is 0 Å². The molecule has 0 saturated carbocycles. The molecule has 0 atom stereocenters. The lowest BCUT2D eigenvalue weighted by atomic mass is 10.1. The molecule has 0 aromatic carbocycles. The van der Waals surface area contributed by atoms with Gasteiger partial charge in [-0.15, -0.1) is 0 Å². The molecule has 0 amide bonds. The first-order valence-electron chi connectivity index (χ1n) is 4.69. The Bertz CT molecular complexity index is 196. The van der Waals surface area contributed by atoms with Crippen LogP contribution in [0.4, 0.5) is 0 Å².